The van der Waals surface area contributed by atoms with Gasteiger partial charge in [0.25, 0.3) is 0 Å². The molecule has 9 N–H and O–H groups in total. The van der Waals surface area contributed by atoms with Gasteiger partial charge in [-0.2, -0.15) is 15.0 Å². The summed E-state index contributed by atoms with van der Waals surface area (Å²) in [6.45, 7) is 8.52. The first kappa shape index (κ1) is 23.0. The van der Waals surface area contributed by atoms with E-state index in [-0.39, 0.29) is 24.2 Å². The SMILES string of the molecule is CC1(C)[C@H]2CC[C@H](CNc3nc(N4C[C@H](N)C[C@H](N)C4)nc(N4C[C@H](N)C[C@H](N)C4)n3)[C@@H]1C2. The minimum atomic E-state index is 0.0123. The largest absolute Gasteiger partial charge is 0.354 e. The van der Waals surface area contributed by atoms with Crippen LogP contribution in [0.2, 0.25) is 0 Å². The van der Waals surface area contributed by atoms with E-state index < -0.39 is 0 Å². The second kappa shape index (κ2) is 8.79. The molecular formula is C23H42N10. The summed E-state index contributed by atoms with van der Waals surface area (Å²) in [5.74, 6) is 4.22. The van der Waals surface area contributed by atoms with Gasteiger partial charge in [0.15, 0.2) is 0 Å². The standard InChI is InChI=1S/C23H42N10/c1-23(2)14-4-3-13(19(23)5-14)8-28-20-29-21(32-9-15(24)6-16(25)10-32)31-22(30-20)33-11-17(26)7-18(27)12-33/h13-19H,3-12,24-27H2,1-2H3,(H,28,29,30,31)/t13-,14+,15-,16+,17-,18+,19+/m1/s1. The summed E-state index contributed by atoms with van der Waals surface area (Å²) in [5.41, 5.74) is 25.5. The average Bonchev–Trinajstić information content (AvgIpc) is 2.76. The van der Waals surface area contributed by atoms with Crippen LogP contribution in [0.4, 0.5) is 17.8 Å². The number of nitrogens with one attached hydrogen (secondary N) is 1. The monoisotopic (exact) mass is 458 g/mol. The molecule has 6 rings (SSSR count). The fraction of sp³-hybridized carbons (Fsp3) is 0.870. The quantitative estimate of drug-likeness (QED) is 0.409. The molecule has 5 fully saturated rings. The van der Waals surface area contributed by atoms with Gasteiger partial charge in [-0.05, 0) is 55.3 Å². The maximum atomic E-state index is 6.26. The molecule has 1 aromatic heterocycles. The predicted octanol–water partition coefficient (Wildman–Crippen LogP) is 0.0852. The topological polar surface area (TPSA) is 161 Å². The summed E-state index contributed by atoms with van der Waals surface area (Å²) in [5, 5.41) is 3.57. The molecule has 0 unspecified atom stereocenters. The molecule has 1 aromatic rings. The minimum absolute atomic E-state index is 0.0123. The highest BCUT2D eigenvalue weighted by Gasteiger charge is 2.53. The van der Waals surface area contributed by atoms with E-state index in [0.717, 1.165) is 31.2 Å². The van der Waals surface area contributed by atoms with E-state index >= 15 is 0 Å². The maximum absolute atomic E-state index is 6.26. The van der Waals surface area contributed by atoms with Gasteiger partial charge in [0.05, 0.1) is 0 Å². The lowest BCUT2D eigenvalue weighted by Gasteiger charge is -2.60. The third kappa shape index (κ3) is 4.62. The molecule has 2 bridgehead atoms. The molecule has 3 saturated carbocycles. The smallest absolute Gasteiger partial charge is 0.232 e. The number of rotatable bonds is 5. The fourth-order valence-electron chi connectivity index (χ4n) is 6.83. The van der Waals surface area contributed by atoms with Crippen LogP contribution >= 0.6 is 0 Å². The Morgan fingerprint density at radius 2 is 1.30 bits per heavy atom. The van der Waals surface area contributed by atoms with Crippen LogP contribution in [0.3, 0.4) is 0 Å². The molecule has 7 atom stereocenters. The maximum Gasteiger partial charge on any atom is 0.232 e. The Balaban J connectivity index is 1.37. The molecule has 10 nitrogen and oxygen atoms in total. The van der Waals surface area contributed by atoms with E-state index in [1.165, 1.54) is 19.3 Å². The first-order valence-electron chi connectivity index (χ1n) is 12.7. The molecule has 184 valence electrons. The van der Waals surface area contributed by atoms with Crippen LogP contribution in [0.1, 0.15) is 46.0 Å². The van der Waals surface area contributed by atoms with Crippen LogP contribution in [0.5, 0.6) is 0 Å². The van der Waals surface area contributed by atoms with Crippen molar-refractivity contribution in [1.29, 1.82) is 0 Å². The zero-order valence-corrected chi connectivity index (χ0v) is 20.2. The molecule has 5 aliphatic rings. The van der Waals surface area contributed by atoms with Crippen molar-refractivity contribution in [3.8, 4) is 0 Å². The molecule has 33 heavy (non-hydrogen) atoms. The van der Waals surface area contributed by atoms with Gasteiger partial charge in [-0.3, -0.25) is 0 Å². The molecule has 10 heteroatoms. The van der Waals surface area contributed by atoms with E-state index in [9.17, 15) is 0 Å². The summed E-state index contributed by atoms with van der Waals surface area (Å²) in [7, 11) is 0. The predicted molar refractivity (Wildman–Crippen MR) is 132 cm³/mol. The van der Waals surface area contributed by atoms with E-state index in [2.05, 4.69) is 29.0 Å². The van der Waals surface area contributed by atoms with Crippen LogP contribution < -0.4 is 38.1 Å². The fourth-order valence-corrected chi connectivity index (χ4v) is 6.83. The van der Waals surface area contributed by atoms with Crippen molar-refractivity contribution in [1.82, 2.24) is 15.0 Å². The van der Waals surface area contributed by atoms with Gasteiger partial charge in [-0.15, -0.1) is 0 Å². The lowest BCUT2D eigenvalue weighted by Crippen LogP contribution is -2.54. The lowest BCUT2D eigenvalue weighted by molar-refractivity contribution is -0.100. The second-order valence-electron chi connectivity index (χ2n) is 11.7. The summed E-state index contributed by atoms with van der Waals surface area (Å²) in [4.78, 5) is 18.6. The third-order valence-electron chi connectivity index (χ3n) is 8.73. The van der Waals surface area contributed by atoms with Crippen LogP contribution in [0, 0.1) is 23.2 Å². The number of hydrogen-bond acceptors (Lipinski definition) is 10. The van der Waals surface area contributed by atoms with Gasteiger partial charge in [-0.25, -0.2) is 0 Å². The summed E-state index contributed by atoms with van der Waals surface area (Å²) < 4.78 is 0. The average molecular weight is 459 g/mol. The molecular weight excluding hydrogens is 416 g/mol. The van der Waals surface area contributed by atoms with E-state index in [1.807, 2.05) is 0 Å². The van der Waals surface area contributed by atoms with Crippen molar-refractivity contribution in [3.05, 3.63) is 0 Å². The van der Waals surface area contributed by atoms with Gasteiger partial charge in [-0.1, -0.05) is 13.8 Å². The van der Waals surface area contributed by atoms with Crippen LogP contribution in [0.25, 0.3) is 0 Å². The van der Waals surface area contributed by atoms with Crippen molar-refractivity contribution in [2.45, 2.75) is 70.1 Å². The Bertz CT molecular complexity index is 780. The molecule has 2 aliphatic heterocycles. The second-order valence-corrected chi connectivity index (χ2v) is 11.7. The lowest BCUT2D eigenvalue weighted by atomic mass is 9.45. The Kier molecular flexibility index (Phi) is 6.13. The van der Waals surface area contributed by atoms with Gasteiger partial charge in [0.1, 0.15) is 0 Å². The molecule has 3 aliphatic carbocycles. The zero-order chi connectivity index (χ0) is 23.3. The van der Waals surface area contributed by atoms with Crippen molar-refractivity contribution in [3.63, 3.8) is 0 Å². The van der Waals surface area contributed by atoms with Gasteiger partial charge < -0.3 is 38.1 Å². The molecule has 0 radical (unpaired) electrons. The summed E-state index contributed by atoms with van der Waals surface area (Å²) in [6, 6.07) is 0.0490. The van der Waals surface area contributed by atoms with Crippen molar-refractivity contribution in [2.75, 3.05) is 47.8 Å². The summed E-state index contributed by atoms with van der Waals surface area (Å²) in [6.07, 6.45) is 5.60. The van der Waals surface area contributed by atoms with Gasteiger partial charge in [0.2, 0.25) is 17.8 Å². The van der Waals surface area contributed by atoms with Crippen molar-refractivity contribution >= 4 is 17.8 Å². The van der Waals surface area contributed by atoms with Crippen molar-refractivity contribution < 1.29 is 0 Å². The Labute approximate surface area is 197 Å². The van der Waals surface area contributed by atoms with Crippen molar-refractivity contribution in [2.24, 2.45) is 46.1 Å². The molecule has 0 spiro atoms. The van der Waals surface area contributed by atoms with Crippen LogP contribution in [-0.2, 0) is 0 Å². The number of anilines is 3. The number of nitrogens with zero attached hydrogens (tertiary/aromatic N) is 5. The first-order valence-corrected chi connectivity index (χ1v) is 12.7. The third-order valence-corrected chi connectivity index (χ3v) is 8.73. The van der Waals surface area contributed by atoms with Gasteiger partial charge >= 0.3 is 0 Å². The minimum Gasteiger partial charge on any atom is -0.354 e. The number of aromatic nitrogens is 3. The number of nitrogens with two attached hydrogens (primary N) is 4. The Morgan fingerprint density at radius 1 is 0.788 bits per heavy atom. The number of hydrogen-bond donors (Lipinski definition) is 5. The molecule has 0 aromatic carbocycles. The molecule has 3 heterocycles. The van der Waals surface area contributed by atoms with Crippen LogP contribution in [-0.4, -0.2) is 71.8 Å². The van der Waals surface area contributed by atoms with Gasteiger partial charge in [0, 0.05) is 56.9 Å². The highest BCUT2D eigenvalue weighted by atomic mass is 15.4. The highest BCUT2D eigenvalue weighted by Crippen LogP contribution is 2.61. The normalized spacial score (nSPS) is 38.1. The summed E-state index contributed by atoms with van der Waals surface area (Å²) >= 11 is 0. The van der Waals surface area contributed by atoms with E-state index in [4.69, 9.17) is 37.9 Å². The van der Waals surface area contributed by atoms with E-state index in [0.29, 0.717) is 55.4 Å². The first-order chi connectivity index (χ1) is 15.7. The Morgan fingerprint density at radius 3 is 1.76 bits per heavy atom. The van der Waals surface area contributed by atoms with Crippen LogP contribution in [0.15, 0.2) is 0 Å². The number of fused-ring (bicyclic) bond motifs is 2. The number of piperidine rings is 2. The zero-order valence-electron chi connectivity index (χ0n) is 20.2. The highest BCUT2D eigenvalue weighted by molar-refractivity contribution is 5.46. The van der Waals surface area contributed by atoms with E-state index in [1.54, 1.807) is 0 Å². The molecule has 0 amide bonds. The molecule has 2 saturated heterocycles. The Hall–Kier alpha value is -1.75.